The van der Waals surface area contributed by atoms with Gasteiger partial charge in [0, 0.05) is 31.4 Å². The van der Waals surface area contributed by atoms with Gasteiger partial charge in [-0.15, -0.1) is 0 Å². The van der Waals surface area contributed by atoms with Crippen LogP contribution >= 0.6 is 0 Å². The summed E-state index contributed by atoms with van der Waals surface area (Å²) in [6, 6.07) is 0. The molecule has 0 aromatic carbocycles. The monoisotopic (exact) mass is 197 g/mol. The molecule has 1 aliphatic heterocycles. The van der Waals surface area contributed by atoms with Gasteiger partial charge >= 0.3 is 0 Å². The Labute approximate surface area is 81.6 Å². The molecule has 5 heteroatoms. The first-order chi connectivity index (χ1) is 6.83. The lowest BCUT2D eigenvalue weighted by atomic mass is 9.94. The molecule has 0 spiro atoms. The standard InChI is InChI=1S/C9H15N3O2/c10-5-7-8(11-12-9(7)13)6-1-3-14-4-2-6/h6H,1-5,10H2,(H2,11,12,13). The average Bonchev–Trinajstić information content (AvgIpc) is 2.61. The number of nitrogens with two attached hydrogens (primary N) is 1. The number of aromatic nitrogens is 2. The maximum Gasteiger partial charge on any atom is 0.268 e. The average molecular weight is 197 g/mol. The fourth-order valence-electron chi connectivity index (χ4n) is 1.93. The van der Waals surface area contributed by atoms with Crippen LogP contribution in [0.2, 0.25) is 0 Å². The molecule has 1 saturated heterocycles. The summed E-state index contributed by atoms with van der Waals surface area (Å²) in [6.45, 7) is 1.83. The van der Waals surface area contributed by atoms with Gasteiger partial charge in [0.2, 0.25) is 0 Å². The molecule has 2 rings (SSSR count). The molecule has 0 radical (unpaired) electrons. The Morgan fingerprint density at radius 1 is 1.36 bits per heavy atom. The first kappa shape index (κ1) is 9.48. The SMILES string of the molecule is NCc1c(C2CCOCC2)[nH][nH]c1=O. The second kappa shape index (κ2) is 3.98. The molecule has 78 valence electrons. The molecule has 0 unspecified atom stereocenters. The van der Waals surface area contributed by atoms with E-state index in [9.17, 15) is 4.79 Å². The van der Waals surface area contributed by atoms with Crippen LogP contribution in [0.4, 0.5) is 0 Å². The van der Waals surface area contributed by atoms with Crippen molar-refractivity contribution in [3.63, 3.8) is 0 Å². The van der Waals surface area contributed by atoms with Gasteiger partial charge in [0.05, 0.1) is 5.56 Å². The Morgan fingerprint density at radius 3 is 2.71 bits per heavy atom. The van der Waals surface area contributed by atoms with Gasteiger partial charge in [0.1, 0.15) is 0 Å². The first-order valence-corrected chi connectivity index (χ1v) is 4.90. The van der Waals surface area contributed by atoms with Crippen molar-refractivity contribution in [2.24, 2.45) is 5.73 Å². The minimum absolute atomic E-state index is 0.0889. The summed E-state index contributed by atoms with van der Waals surface area (Å²) in [5.74, 6) is 0.390. The van der Waals surface area contributed by atoms with Crippen molar-refractivity contribution in [1.29, 1.82) is 0 Å². The maximum atomic E-state index is 11.3. The lowest BCUT2D eigenvalue weighted by molar-refractivity contribution is 0.0843. The quantitative estimate of drug-likeness (QED) is 0.626. The zero-order valence-electron chi connectivity index (χ0n) is 8.01. The van der Waals surface area contributed by atoms with Crippen molar-refractivity contribution >= 4 is 0 Å². The van der Waals surface area contributed by atoms with Crippen molar-refractivity contribution in [2.75, 3.05) is 13.2 Å². The van der Waals surface area contributed by atoms with E-state index in [-0.39, 0.29) is 5.56 Å². The van der Waals surface area contributed by atoms with Gasteiger partial charge in [-0.25, -0.2) is 0 Å². The number of nitrogens with one attached hydrogen (secondary N) is 2. The van der Waals surface area contributed by atoms with Crippen LogP contribution in [-0.4, -0.2) is 23.4 Å². The molecule has 0 amide bonds. The zero-order valence-corrected chi connectivity index (χ0v) is 8.01. The zero-order chi connectivity index (χ0) is 9.97. The summed E-state index contributed by atoms with van der Waals surface area (Å²) in [5.41, 5.74) is 7.11. The summed E-state index contributed by atoms with van der Waals surface area (Å²) in [6.07, 6.45) is 1.92. The predicted octanol–water partition coefficient (Wildman–Crippen LogP) is 0.0557. The predicted molar refractivity (Wildman–Crippen MR) is 52.1 cm³/mol. The number of ether oxygens (including phenoxy) is 1. The highest BCUT2D eigenvalue weighted by Gasteiger charge is 2.21. The van der Waals surface area contributed by atoms with Crippen molar-refractivity contribution < 1.29 is 4.74 Å². The van der Waals surface area contributed by atoms with Gasteiger partial charge in [-0.2, -0.15) is 0 Å². The molecule has 1 aromatic rings. The van der Waals surface area contributed by atoms with E-state index >= 15 is 0 Å². The number of rotatable bonds is 2. The Morgan fingerprint density at radius 2 is 2.07 bits per heavy atom. The molecule has 2 heterocycles. The van der Waals surface area contributed by atoms with E-state index in [2.05, 4.69) is 10.2 Å². The third-order valence-electron chi connectivity index (χ3n) is 2.74. The Bertz CT molecular complexity index is 349. The van der Waals surface area contributed by atoms with Crippen LogP contribution in [0.25, 0.3) is 0 Å². The van der Waals surface area contributed by atoms with Crippen molar-refractivity contribution in [2.45, 2.75) is 25.3 Å². The summed E-state index contributed by atoms with van der Waals surface area (Å²) >= 11 is 0. The number of hydrogen-bond acceptors (Lipinski definition) is 3. The summed E-state index contributed by atoms with van der Waals surface area (Å²) in [7, 11) is 0. The van der Waals surface area contributed by atoms with Crippen LogP contribution in [0, 0.1) is 0 Å². The van der Waals surface area contributed by atoms with Crippen LogP contribution in [0.3, 0.4) is 0 Å². The molecule has 1 aliphatic rings. The van der Waals surface area contributed by atoms with Crippen LogP contribution < -0.4 is 11.3 Å². The van der Waals surface area contributed by atoms with E-state index in [4.69, 9.17) is 10.5 Å². The van der Waals surface area contributed by atoms with Crippen molar-refractivity contribution in [1.82, 2.24) is 10.2 Å². The third kappa shape index (κ3) is 1.60. The lowest BCUT2D eigenvalue weighted by Gasteiger charge is -2.21. The van der Waals surface area contributed by atoms with Gasteiger partial charge in [-0.05, 0) is 12.8 Å². The van der Waals surface area contributed by atoms with E-state index in [0.29, 0.717) is 18.0 Å². The molecule has 4 N–H and O–H groups in total. The minimum atomic E-state index is -0.0889. The smallest absolute Gasteiger partial charge is 0.268 e. The molecule has 14 heavy (non-hydrogen) atoms. The molecular formula is C9H15N3O2. The number of aromatic amines is 2. The highest BCUT2D eigenvalue weighted by atomic mass is 16.5. The Kier molecular flexibility index (Phi) is 2.69. The second-order valence-corrected chi connectivity index (χ2v) is 3.56. The molecule has 0 aliphatic carbocycles. The van der Waals surface area contributed by atoms with Crippen LogP contribution in [0.15, 0.2) is 4.79 Å². The fourth-order valence-corrected chi connectivity index (χ4v) is 1.93. The fraction of sp³-hybridized carbons (Fsp3) is 0.667. The van der Waals surface area contributed by atoms with Crippen molar-refractivity contribution in [3.8, 4) is 0 Å². The largest absolute Gasteiger partial charge is 0.381 e. The van der Waals surface area contributed by atoms with Crippen molar-refractivity contribution in [3.05, 3.63) is 21.6 Å². The Hall–Kier alpha value is -1.07. The summed E-state index contributed by atoms with van der Waals surface area (Å²) < 4.78 is 5.27. The highest BCUT2D eigenvalue weighted by Crippen LogP contribution is 2.26. The van der Waals surface area contributed by atoms with Gasteiger partial charge in [0.25, 0.3) is 5.56 Å². The van der Waals surface area contributed by atoms with Crippen LogP contribution in [0.5, 0.6) is 0 Å². The third-order valence-corrected chi connectivity index (χ3v) is 2.74. The van der Waals surface area contributed by atoms with E-state index in [0.717, 1.165) is 31.7 Å². The molecule has 0 atom stereocenters. The van der Waals surface area contributed by atoms with Gasteiger partial charge in [-0.3, -0.25) is 9.89 Å². The molecule has 5 nitrogen and oxygen atoms in total. The molecule has 1 fully saturated rings. The Balaban J connectivity index is 2.25. The summed E-state index contributed by atoms with van der Waals surface area (Å²) in [5, 5.41) is 5.51. The topological polar surface area (TPSA) is 83.9 Å². The van der Waals surface area contributed by atoms with E-state index in [1.807, 2.05) is 0 Å². The van der Waals surface area contributed by atoms with Crippen LogP contribution in [-0.2, 0) is 11.3 Å². The van der Waals surface area contributed by atoms with Gasteiger partial charge in [-0.1, -0.05) is 0 Å². The molecule has 0 bridgehead atoms. The molecular weight excluding hydrogens is 182 g/mol. The van der Waals surface area contributed by atoms with E-state index in [1.165, 1.54) is 0 Å². The number of H-pyrrole nitrogens is 2. The molecule has 0 saturated carbocycles. The lowest BCUT2D eigenvalue weighted by Crippen LogP contribution is -2.18. The van der Waals surface area contributed by atoms with Gasteiger partial charge < -0.3 is 15.6 Å². The van der Waals surface area contributed by atoms with Crippen LogP contribution in [0.1, 0.15) is 30.0 Å². The van der Waals surface area contributed by atoms with E-state index in [1.54, 1.807) is 0 Å². The maximum absolute atomic E-state index is 11.3. The molecule has 1 aromatic heterocycles. The van der Waals surface area contributed by atoms with E-state index < -0.39 is 0 Å². The van der Waals surface area contributed by atoms with Gasteiger partial charge in [0.15, 0.2) is 0 Å². The highest BCUT2D eigenvalue weighted by molar-refractivity contribution is 5.20. The number of hydrogen-bond donors (Lipinski definition) is 3. The normalized spacial score (nSPS) is 18.6. The first-order valence-electron chi connectivity index (χ1n) is 4.90. The minimum Gasteiger partial charge on any atom is -0.381 e. The summed E-state index contributed by atoms with van der Waals surface area (Å²) in [4.78, 5) is 11.3. The second-order valence-electron chi connectivity index (χ2n) is 3.56.